The fourth-order valence-corrected chi connectivity index (χ4v) is 3.70. The quantitative estimate of drug-likeness (QED) is 0.819. The van der Waals surface area contributed by atoms with Crippen molar-refractivity contribution in [1.29, 1.82) is 0 Å². The van der Waals surface area contributed by atoms with Crippen molar-refractivity contribution >= 4 is 17.8 Å². The Balaban J connectivity index is 1.48. The lowest BCUT2D eigenvalue weighted by atomic mass is 10.1. The smallest absolute Gasteiger partial charge is 0.410 e. The molecule has 4 heterocycles. The number of anilines is 1. The number of amides is 2. The summed E-state index contributed by atoms with van der Waals surface area (Å²) in [5.41, 5.74) is 0.697. The van der Waals surface area contributed by atoms with Gasteiger partial charge in [0.05, 0.1) is 6.04 Å². The van der Waals surface area contributed by atoms with E-state index in [4.69, 9.17) is 4.74 Å². The number of hydrogen-bond acceptors (Lipinski definition) is 5. The number of piperazine rings is 1. The third kappa shape index (κ3) is 2.79. The number of nitrogens with zero attached hydrogens (tertiary/aromatic N) is 4. The minimum atomic E-state index is -0.221. The van der Waals surface area contributed by atoms with Crippen molar-refractivity contribution < 1.29 is 14.3 Å². The van der Waals surface area contributed by atoms with Crippen LogP contribution in [0.25, 0.3) is 0 Å². The summed E-state index contributed by atoms with van der Waals surface area (Å²) >= 11 is 0. The molecule has 3 fully saturated rings. The highest BCUT2D eigenvalue weighted by Gasteiger charge is 2.37. The molecule has 7 nitrogen and oxygen atoms in total. The fraction of sp³-hybridized carbons (Fsp3) is 0.588. The van der Waals surface area contributed by atoms with Gasteiger partial charge < -0.3 is 14.5 Å². The maximum absolute atomic E-state index is 12.7. The first-order chi connectivity index (χ1) is 11.7. The molecular weight excluding hydrogens is 308 g/mol. The van der Waals surface area contributed by atoms with Crippen LogP contribution < -0.4 is 4.90 Å². The van der Waals surface area contributed by atoms with Gasteiger partial charge in [-0.05, 0) is 31.4 Å². The molecule has 7 heteroatoms. The SMILES string of the molecule is O=C(c1ccnc(N2CCN3C(=O)OCC3C2)c1)N1CCCCC1. The molecule has 3 saturated heterocycles. The van der Waals surface area contributed by atoms with E-state index in [2.05, 4.69) is 9.88 Å². The number of carbonyl (C=O) groups is 2. The van der Waals surface area contributed by atoms with Crippen molar-refractivity contribution in [2.45, 2.75) is 25.3 Å². The Morgan fingerprint density at radius 3 is 2.83 bits per heavy atom. The first kappa shape index (κ1) is 15.2. The largest absolute Gasteiger partial charge is 0.447 e. The number of aromatic nitrogens is 1. The zero-order valence-corrected chi connectivity index (χ0v) is 13.7. The molecule has 3 aliphatic heterocycles. The van der Waals surface area contributed by atoms with Gasteiger partial charge in [-0.2, -0.15) is 0 Å². The van der Waals surface area contributed by atoms with Gasteiger partial charge in [0, 0.05) is 44.5 Å². The minimum absolute atomic E-state index is 0.0782. The number of rotatable bonds is 2. The highest BCUT2D eigenvalue weighted by molar-refractivity contribution is 5.95. The highest BCUT2D eigenvalue weighted by atomic mass is 16.6. The van der Waals surface area contributed by atoms with Gasteiger partial charge in [0.15, 0.2) is 0 Å². The van der Waals surface area contributed by atoms with E-state index in [1.165, 1.54) is 6.42 Å². The van der Waals surface area contributed by atoms with Crippen LogP contribution in [0, 0.1) is 0 Å². The van der Waals surface area contributed by atoms with Gasteiger partial charge in [-0.1, -0.05) is 0 Å². The lowest BCUT2D eigenvalue weighted by Gasteiger charge is -2.36. The molecule has 2 amide bonds. The van der Waals surface area contributed by atoms with Gasteiger partial charge in [-0.15, -0.1) is 0 Å². The molecule has 0 spiro atoms. The van der Waals surface area contributed by atoms with E-state index < -0.39 is 0 Å². The summed E-state index contributed by atoms with van der Waals surface area (Å²) in [7, 11) is 0. The van der Waals surface area contributed by atoms with E-state index in [-0.39, 0.29) is 18.0 Å². The van der Waals surface area contributed by atoms with Gasteiger partial charge in [0.2, 0.25) is 0 Å². The number of hydrogen-bond donors (Lipinski definition) is 0. The Kier molecular flexibility index (Phi) is 4.00. The molecule has 1 aromatic heterocycles. The van der Waals surface area contributed by atoms with Crippen LogP contribution in [0.3, 0.4) is 0 Å². The van der Waals surface area contributed by atoms with Crippen molar-refractivity contribution in [2.24, 2.45) is 0 Å². The second-order valence-electron chi connectivity index (χ2n) is 6.63. The average Bonchev–Trinajstić information content (AvgIpc) is 3.02. The van der Waals surface area contributed by atoms with Crippen LogP contribution in [0.2, 0.25) is 0 Å². The van der Waals surface area contributed by atoms with Crippen LogP contribution >= 0.6 is 0 Å². The van der Waals surface area contributed by atoms with Crippen LogP contribution in [0.4, 0.5) is 10.6 Å². The molecule has 0 aliphatic carbocycles. The molecule has 0 radical (unpaired) electrons. The van der Waals surface area contributed by atoms with Gasteiger partial charge >= 0.3 is 6.09 Å². The lowest BCUT2D eigenvalue weighted by Crippen LogP contribution is -2.52. The molecule has 0 N–H and O–H groups in total. The first-order valence-corrected chi connectivity index (χ1v) is 8.66. The summed E-state index contributed by atoms with van der Waals surface area (Å²) in [5.74, 6) is 0.897. The first-order valence-electron chi connectivity index (χ1n) is 8.66. The van der Waals surface area contributed by atoms with Crippen molar-refractivity contribution in [3.8, 4) is 0 Å². The summed E-state index contributed by atoms with van der Waals surface area (Å²) < 4.78 is 5.10. The van der Waals surface area contributed by atoms with Gasteiger partial charge in [-0.3, -0.25) is 9.69 Å². The average molecular weight is 330 g/mol. The molecule has 128 valence electrons. The maximum atomic E-state index is 12.7. The van der Waals surface area contributed by atoms with Crippen LogP contribution in [0.15, 0.2) is 18.3 Å². The van der Waals surface area contributed by atoms with Crippen molar-refractivity contribution in [3.05, 3.63) is 23.9 Å². The number of piperidine rings is 1. The Labute approximate surface area is 141 Å². The molecular formula is C17H22N4O3. The molecule has 4 rings (SSSR count). The zero-order valence-electron chi connectivity index (χ0n) is 13.7. The van der Waals surface area contributed by atoms with Gasteiger partial charge in [0.1, 0.15) is 12.4 Å². The summed E-state index contributed by atoms with van der Waals surface area (Å²) in [6, 6.07) is 3.75. The van der Waals surface area contributed by atoms with E-state index in [0.29, 0.717) is 31.8 Å². The van der Waals surface area contributed by atoms with E-state index in [1.54, 1.807) is 17.2 Å². The van der Waals surface area contributed by atoms with E-state index >= 15 is 0 Å². The van der Waals surface area contributed by atoms with Crippen molar-refractivity contribution in [2.75, 3.05) is 44.2 Å². The van der Waals surface area contributed by atoms with Crippen LogP contribution in [-0.4, -0.2) is 72.2 Å². The third-order valence-corrected chi connectivity index (χ3v) is 5.08. The Hall–Kier alpha value is -2.31. The number of likely N-dealkylation sites (tertiary alicyclic amines) is 1. The van der Waals surface area contributed by atoms with E-state index in [1.807, 2.05) is 11.0 Å². The summed E-state index contributed by atoms with van der Waals surface area (Å²) in [6.45, 7) is 4.16. The predicted octanol–water partition coefficient (Wildman–Crippen LogP) is 1.35. The minimum Gasteiger partial charge on any atom is -0.447 e. The molecule has 1 aromatic rings. The molecule has 0 saturated carbocycles. The number of pyridine rings is 1. The lowest BCUT2D eigenvalue weighted by molar-refractivity contribution is 0.0724. The molecule has 0 bridgehead atoms. The third-order valence-electron chi connectivity index (χ3n) is 5.08. The van der Waals surface area contributed by atoms with E-state index in [0.717, 1.165) is 31.7 Å². The monoisotopic (exact) mass is 330 g/mol. The molecule has 1 unspecified atom stereocenters. The maximum Gasteiger partial charge on any atom is 0.410 e. The fourth-order valence-electron chi connectivity index (χ4n) is 3.70. The summed E-state index contributed by atoms with van der Waals surface area (Å²) in [6.07, 6.45) is 4.86. The van der Waals surface area contributed by atoms with Gasteiger partial charge in [-0.25, -0.2) is 9.78 Å². The van der Waals surface area contributed by atoms with Crippen LogP contribution in [0.5, 0.6) is 0 Å². The number of carbonyl (C=O) groups excluding carboxylic acids is 2. The zero-order chi connectivity index (χ0) is 16.5. The van der Waals surface area contributed by atoms with Crippen molar-refractivity contribution in [1.82, 2.24) is 14.8 Å². The Bertz CT molecular complexity index is 644. The van der Waals surface area contributed by atoms with Crippen LogP contribution in [0.1, 0.15) is 29.6 Å². The molecule has 3 aliphatic rings. The molecule has 0 aromatic carbocycles. The molecule has 24 heavy (non-hydrogen) atoms. The number of fused-ring (bicyclic) bond motifs is 1. The second-order valence-corrected chi connectivity index (χ2v) is 6.63. The topological polar surface area (TPSA) is 66.0 Å². The normalized spacial score (nSPS) is 23.9. The molecule has 1 atom stereocenters. The van der Waals surface area contributed by atoms with Crippen LogP contribution in [-0.2, 0) is 4.74 Å². The predicted molar refractivity (Wildman–Crippen MR) is 88.0 cm³/mol. The highest BCUT2D eigenvalue weighted by Crippen LogP contribution is 2.23. The number of ether oxygens (including phenoxy) is 1. The van der Waals surface area contributed by atoms with E-state index in [9.17, 15) is 9.59 Å². The summed E-state index contributed by atoms with van der Waals surface area (Å²) in [4.78, 5) is 34.5. The van der Waals surface area contributed by atoms with Crippen molar-refractivity contribution in [3.63, 3.8) is 0 Å². The Morgan fingerprint density at radius 2 is 2.00 bits per heavy atom. The number of cyclic esters (lactones) is 1. The second kappa shape index (κ2) is 6.30. The summed E-state index contributed by atoms with van der Waals surface area (Å²) in [5, 5.41) is 0. The van der Waals surface area contributed by atoms with Gasteiger partial charge in [0.25, 0.3) is 5.91 Å². The Morgan fingerprint density at radius 1 is 1.17 bits per heavy atom. The standard InChI is InChI=1S/C17H22N4O3/c22-16(19-6-2-1-3-7-19)13-4-5-18-15(10-13)20-8-9-21-14(11-20)12-24-17(21)23/h4-5,10,14H,1-3,6-9,11-12H2.